The number of carboxylic acid groups (broad SMARTS) is 1. The Morgan fingerprint density at radius 1 is 1.06 bits per heavy atom. The van der Waals surface area contributed by atoms with E-state index in [1.807, 2.05) is 30.3 Å². The number of aliphatic carboxylic acids is 1. The summed E-state index contributed by atoms with van der Waals surface area (Å²) in [5.41, 5.74) is 12.9. The number of hydrogen-bond donors (Lipinski definition) is 5. The highest BCUT2D eigenvalue weighted by Gasteiger charge is 2.33. The maximum atomic E-state index is 12.9. The number of hydrogen-bond acceptors (Lipinski definition) is 6. The average molecular weight is 484 g/mol. The van der Waals surface area contributed by atoms with E-state index >= 15 is 0 Å². The van der Waals surface area contributed by atoms with Gasteiger partial charge >= 0.3 is 5.97 Å². The molecule has 186 valence electrons. The third kappa shape index (κ3) is 7.70. The molecule has 0 aromatic heterocycles. The van der Waals surface area contributed by atoms with Crippen LogP contribution in [-0.2, 0) is 14.4 Å². The van der Waals surface area contributed by atoms with Gasteiger partial charge in [0.15, 0.2) is 0 Å². The molecule has 2 rings (SSSR count). The first-order chi connectivity index (χ1) is 16.5. The minimum atomic E-state index is -1.84. The summed E-state index contributed by atoms with van der Waals surface area (Å²) in [6.07, 6.45) is -0.700. The molecule has 3 atom stereocenters. The maximum Gasteiger partial charge on any atom is 0.307 e. The molecule has 0 aliphatic rings. The minimum absolute atomic E-state index is 0.305. The molecule has 0 unspecified atom stereocenters. The molecule has 6 N–H and O–H groups in total. The summed E-state index contributed by atoms with van der Waals surface area (Å²) in [7, 11) is 0. The van der Waals surface area contributed by atoms with Crippen LogP contribution in [0.4, 0.5) is 0 Å². The molecule has 0 aliphatic carbocycles. The Balaban J connectivity index is 2.08. The molecule has 0 saturated carbocycles. The van der Waals surface area contributed by atoms with Crippen LogP contribution in [0.15, 0.2) is 47.6 Å². The quantitative estimate of drug-likeness (QED) is 0.139. The normalized spacial score (nSPS) is 14.2. The molecule has 35 heavy (non-hydrogen) atoms. The van der Waals surface area contributed by atoms with E-state index < -0.39 is 54.4 Å². The molecule has 0 bridgehead atoms. The SMILES string of the molecule is CC(C)[C@H](NC(=O)c1ccc2ccccc2c1)C(=O)N[C@@H](C)C(=O)N[C@](N)(CN=[N+]=[N-])CC(=O)O. The van der Waals surface area contributed by atoms with Crippen LogP contribution >= 0.6 is 0 Å². The van der Waals surface area contributed by atoms with Crippen molar-refractivity contribution in [3.05, 3.63) is 58.5 Å². The summed E-state index contributed by atoms with van der Waals surface area (Å²) in [5, 5.41) is 21.7. The predicted molar refractivity (Wildman–Crippen MR) is 129 cm³/mol. The first kappa shape index (κ1) is 27.1. The van der Waals surface area contributed by atoms with Gasteiger partial charge in [0.1, 0.15) is 17.7 Å². The number of fused-ring (bicyclic) bond motifs is 1. The van der Waals surface area contributed by atoms with Gasteiger partial charge in [0.25, 0.3) is 5.91 Å². The van der Waals surface area contributed by atoms with Crippen molar-refractivity contribution in [2.45, 2.75) is 44.9 Å². The van der Waals surface area contributed by atoms with Crippen molar-refractivity contribution in [3.63, 3.8) is 0 Å². The van der Waals surface area contributed by atoms with Gasteiger partial charge in [-0.1, -0.05) is 49.3 Å². The summed E-state index contributed by atoms with van der Waals surface area (Å²) < 4.78 is 0. The molecule has 12 nitrogen and oxygen atoms in total. The molecule has 2 aromatic carbocycles. The Hall–Kier alpha value is -4.15. The van der Waals surface area contributed by atoms with Gasteiger partial charge in [-0.15, -0.1) is 0 Å². The Morgan fingerprint density at radius 2 is 1.71 bits per heavy atom. The van der Waals surface area contributed by atoms with Gasteiger partial charge in [-0.25, -0.2) is 0 Å². The molecule has 12 heteroatoms. The van der Waals surface area contributed by atoms with E-state index in [0.29, 0.717) is 5.56 Å². The molecule has 0 aliphatic heterocycles. The smallest absolute Gasteiger partial charge is 0.307 e. The molecular formula is C23H29N7O5. The number of benzene rings is 2. The Labute approximate surface area is 201 Å². The van der Waals surface area contributed by atoms with E-state index in [4.69, 9.17) is 16.4 Å². The van der Waals surface area contributed by atoms with Crippen molar-refractivity contribution in [1.82, 2.24) is 16.0 Å². The van der Waals surface area contributed by atoms with E-state index in [9.17, 15) is 19.2 Å². The fourth-order valence-corrected chi connectivity index (χ4v) is 3.38. The van der Waals surface area contributed by atoms with E-state index in [1.54, 1.807) is 26.0 Å². The van der Waals surface area contributed by atoms with Crippen molar-refractivity contribution in [3.8, 4) is 0 Å². The van der Waals surface area contributed by atoms with E-state index in [0.717, 1.165) is 10.8 Å². The van der Waals surface area contributed by atoms with Gasteiger partial charge < -0.3 is 26.8 Å². The number of nitrogens with two attached hydrogens (primary N) is 1. The number of nitrogens with one attached hydrogen (secondary N) is 3. The van der Waals surface area contributed by atoms with Gasteiger partial charge in [-0.05, 0) is 41.3 Å². The lowest BCUT2D eigenvalue weighted by molar-refractivity contribution is -0.139. The number of carbonyl (C=O) groups excluding carboxylic acids is 3. The zero-order valence-electron chi connectivity index (χ0n) is 19.7. The number of azide groups is 1. The predicted octanol–water partition coefficient (Wildman–Crippen LogP) is 1.66. The minimum Gasteiger partial charge on any atom is -0.481 e. The van der Waals surface area contributed by atoms with Crippen LogP contribution < -0.4 is 21.7 Å². The third-order valence-corrected chi connectivity index (χ3v) is 5.25. The van der Waals surface area contributed by atoms with Crippen molar-refractivity contribution < 1.29 is 24.3 Å². The number of amides is 3. The molecule has 0 radical (unpaired) electrons. The first-order valence-corrected chi connectivity index (χ1v) is 10.9. The van der Waals surface area contributed by atoms with Crippen molar-refractivity contribution in [2.75, 3.05) is 6.54 Å². The highest BCUT2D eigenvalue weighted by molar-refractivity contribution is 6.01. The summed E-state index contributed by atoms with van der Waals surface area (Å²) in [4.78, 5) is 51.9. The van der Waals surface area contributed by atoms with Crippen LogP contribution in [0, 0.1) is 5.92 Å². The van der Waals surface area contributed by atoms with Crippen LogP contribution in [0.25, 0.3) is 21.2 Å². The Bertz CT molecular complexity index is 1160. The summed E-state index contributed by atoms with van der Waals surface area (Å²) in [5.74, 6) is -3.45. The van der Waals surface area contributed by atoms with Crippen LogP contribution in [0.5, 0.6) is 0 Å². The lowest BCUT2D eigenvalue weighted by atomic mass is 10.0. The van der Waals surface area contributed by atoms with Crippen molar-refractivity contribution in [1.29, 1.82) is 0 Å². The van der Waals surface area contributed by atoms with E-state index in [2.05, 4.69) is 26.0 Å². The Morgan fingerprint density at radius 3 is 2.31 bits per heavy atom. The van der Waals surface area contributed by atoms with Gasteiger partial charge in [0.05, 0.1) is 13.0 Å². The highest BCUT2D eigenvalue weighted by Crippen LogP contribution is 2.16. The topological polar surface area (TPSA) is 199 Å². The van der Waals surface area contributed by atoms with Crippen molar-refractivity contribution >= 4 is 34.5 Å². The Kier molecular flexibility index (Phi) is 9.15. The monoisotopic (exact) mass is 483 g/mol. The lowest BCUT2D eigenvalue weighted by Gasteiger charge is -2.30. The van der Waals surface area contributed by atoms with Gasteiger partial charge in [-0.3, -0.25) is 19.2 Å². The molecule has 0 fully saturated rings. The fraction of sp³-hybridized carbons (Fsp3) is 0.391. The summed E-state index contributed by atoms with van der Waals surface area (Å²) in [6, 6.07) is 10.7. The highest BCUT2D eigenvalue weighted by atomic mass is 16.4. The van der Waals surface area contributed by atoms with Gasteiger partial charge in [0, 0.05) is 10.5 Å². The number of nitrogens with zero attached hydrogens (tertiary/aromatic N) is 3. The lowest BCUT2D eigenvalue weighted by Crippen LogP contribution is -2.63. The number of carbonyl (C=O) groups is 4. The molecule has 2 aromatic rings. The summed E-state index contributed by atoms with van der Waals surface area (Å²) >= 11 is 0. The fourth-order valence-electron chi connectivity index (χ4n) is 3.38. The van der Waals surface area contributed by atoms with Crippen LogP contribution in [0.2, 0.25) is 0 Å². The second kappa shape index (κ2) is 11.8. The maximum absolute atomic E-state index is 12.9. The second-order valence-corrected chi connectivity index (χ2v) is 8.59. The summed E-state index contributed by atoms with van der Waals surface area (Å²) in [6.45, 7) is 4.36. The van der Waals surface area contributed by atoms with Gasteiger partial charge in [-0.2, -0.15) is 0 Å². The number of rotatable bonds is 11. The zero-order chi connectivity index (χ0) is 26.2. The number of carboxylic acids is 1. The average Bonchev–Trinajstić information content (AvgIpc) is 2.79. The molecule has 0 spiro atoms. The van der Waals surface area contributed by atoms with Crippen molar-refractivity contribution in [2.24, 2.45) is 16.8 Å². The largest absolute Gasteiger partial charge is 0.481 e. The van der Waals surface area contributed by atoms with Crippen LogP contribution in [0.3, 0.4) is 0 Å². The second-order valence-electron chi connectivity index (χ2n) is 8.59. The molecular weight excluding hydrogens is 454 g/mol. The van der Waals surface area contributed by atoms with E-state index in [-0.39, 0.29) is 5.92 Å². The van der Waals surface area contributed by atoms with E-state index in [1.165, 1.54) is 6.92 Å². The van der Waals surface area contributed by atoms with Crippen LogP contribution in [-0.4, -0.2) is 53.1 Å². The molecule has 0 heterocycles. The first-order valence-electron chi connectivity index (χ1n) is 10.9. The van der Waals surface area contributed by atoms with Gasteiger partial charge in [0.2, 0.25) is 11.8 Å². The molecule has 3 amide bonds. The third-order valence-electron chi connectivity index (χ3n) is 5.25. The zero-order valence-corrected chi connectivity index (χ0v) is 19.7. The standard InChI is InChI=1S/C23H29N7O5/c1-13(2)19(28-21(34)17-9-8-15-6-4-5-7-16(15)10-17)22(35)27-14(3)20(33)29-23(24,11-18(31)32)12-26-30-25/h4-10,13-14,19H,11-12,24H2,1-3H3,(H,27,35)(H,28,34)(H,29,33)(H,31,32)/t14-,19-,23-/m0/s1. The molecule has 0 saturated heterocycles. The van der Waals surface area contributed by atoms with Crippen LogP contribution in [0.1, 0.15) is 37.6 Å².